The van der Waals surface area contributed by atoms with Crippen LogP contribution in [0.1, 0.15) is 35.0 Å². The number of ether oxygens (including phenoxy) is 1. The van der Waals surface area contributed by atoms with Crippen LogP contribution >= 0.6 is 11.3 Å². The van der Waals surface area contributed by atoms with Crippen LogP contribution in [0, 0.1) is 5.92 Å². The van der Waals surface area contributed by atoms with Gasteiger partial charge in [-0.15, -0.1) is 11.3 Å². The van der Waals surface area contributed by atoms with Crippen molar-refractivity contribution in [3.63, 3.8) is 0 Å². The van der Waals surface area contributed by atoms with Gasteiger partial charge < -0.3 is 9.64 Å². The molecule has 0 radical (unpaired) electrons. The standard InChI is InChI=1S/C19H21NO3S/c1-2-14-5-7-16(8-6-14)23-19(22)15-9-11-20(12-10-15)18(21)17-4-3-13-24-17/h3-8,13,15H,2,9-12H2,1H3. The molecule has 0 aliphatic carbocycles. The van der Waals surface area contributed by atoms with Gasteiger partial charge in [0.1, 0.15) is 5.75 Å². The minimum absolute atomic E-state index is 0.0620. The predicted octanol–water partition coefficient (Wildman–Crippen LogP) is 3.77. The average molecular weight is 343 g/mol. The van der Waals surface area contributed by atoms with Crippen LogP contribution in [0.4, 0.5) is 0 Å². The van der Waals surface area contributed by atoms with E-state index in [1.165, 1.54) is 16.9 Å². The zero-order valence-electron chi connectivity index (χ0n) is 13.7. The normalized spacial score (nSPS) is 15.3. The zero-order chi connectivity index (χ0) is 16.9. The molecule has 1 aromatic heterocycles. The fourth-order valence-electron chi connectivity index (χ4n) is 2.87. The molecule has 1 aliphatic heterocycles. The minimum Gasteiger partial charge on any atom is -0.426 e. The number of amides is 1. The molecule has 0 spiro atoms. The maximum Gasteiger partial charge on any atom is 0.314 e. The first-order valence-electron chi connectivity index (χ1n) is 8.30. The minimum atomic E-state index is -0.192. The van der Waals surface area contributed by atoms with E-state index >= 15 is 0 Å². The number of aryl methyl sites for hydroxylation is 1. The average Bonchev–Trinajstić information content (AvgIpc) is 3.16. The maximum absolute atomic E-state index is 12.3. The molecule has 126 valence electrons. The molecule has 0 N–H and O–H groups in total. The van der Waals surface area contributed by atoms with E-state index in [1.807, 2.05) is 46.7 Å². The highest BCUT2D eigenvalue weighted by atomic mass is 32.1. The SMILES string of the molecule is CCc1ccc(OC(=O)C2CCN(C(=O)c3cccs3)CC2)cc1. The molecule has 1 aromatic carbocycles. The van der Waals surface area contributed by atoms with Gasteiger partial charge in [-0.05, 0) is 48.4 Å². The monoisotopic (exact) mass is 343 g/mol. The number of hydrogen-bond donors (Lipinski definition) is 0. The lowest BCUT2D eigenvalue weighted by atomic mass is 9.97. The predicted molar refractivity (Wildman–Crippen MR) is 94.4 cm³/mol. The molecule has 5 heteroatoms. The number of esters is 1. The van der Waals surface area contributed by atoms with Crippen molar-refractivity contribution in [1.82, 2.24) is 4.90 Å². The van der Waals surface area contributed by atoms with Crippen molar-refractivity contribution in [3.8, 4) is 5.75 Å². The van der Waals surface area contributed by atoms with Gasteiger partial charge in [0, 0.05) is 13.1 Å². The Bertz CT molecular complexity index is 686. The maximum atomic E-state index is 12.3. The third kappa shape index (κ3) is 3.85. The molecule has 1 aliphatic rings. The van der Waals surface area contributed by atoms with Crippen molar-refractivity contribution in [2.45, 2.75) is 26.2 Å². The van der Waals surface area contributed by atoms with Gasteiger partial charge in [-0.3, -0.25) is 9.59 Å². The number of thiophene rings is 1. The van der Waals surface area contributed by atoms with Crippen LogP contribution in [0.2, 0.25) is 0 Å². The molecule has 2 aromatic rings. The molecule has 4 nitrogen and oxygen atoms in total. The van der Waals surface area contributed by atoms with Crippen molar-refractivity contribution in [2.24, 2.45) is 5.92 Å². The summed E-state index contributed by atoms with van der Waals surface area (Å²) in [5, 5.41) is 1.90. The molecular weight excluding hydrogens is 322 g/mol. The van der Waals surface area contributed by atoms with E-state index in [9.17, 15) is 9.59 Å². The number of carbonyl (C=O) groups is 2. The van der Waals surface area contributed by atoms with E-state index in [2.05, 4.69) is 6.92 Å². The molecule has 0 atom stereocenters. The van der Waals surface area contributed by atoms with Gasteiger partial charge in [0.2, 0.25) is 0 Å². The van der Waals surface area contributed by atoms with Crippen molar-refractivity contribution in [1.29, 1.82) is 0 Å². The van der Waals surface area contributed by atoms with Crippen LogP contribution in [0.25, 0.3) is 0 Å². The first kappa shape index (κ1) is 16.7. The summed E-state index contributed by atoms with van der Waals surface area (Å²) in [6, 6.07) is 11.4. The number of hydrogen-bond acceptors (Lipinski definition) is 4. The van der Waals surface area contributed by atoms with Crippen molar-refractivity contribution in [2.75, 3.05) is 13.1 Å². The molecular formula is C19H21NO3S. The number of piperidine rings is 1. The summed E-state index contributed by atoms with van der Waals surface area (Å²) >= 11 is 1.45. The van der Waals surface area contributed by atoms with Gasteiger partial charge in [-0.25, -0.2) is 0 Å². The second-order valence-corrected chi connectivity index (χ2v) is 6.91. The van der Waals surface area contributed by atoms with Gasteiger partial charge in [0.15, 0.2) is 0 Å². The summed E-state index contributed by atoms with van der Waals surface area (Å²) in [5.41, 5.74) is 1.22. The Morgan fingerprint density at radius 2 is 1.88 bits per heavy atom. The zero-order valence-corrected chi connectivity index (χ0v) is 14.6. The quantitative estimate of drug-likeness (QED) is 0.627. The highest BCUT2D eigenvalue weighted by molar-refractivity contribution is 7.12. The van der Waals surface area contributed by atoms with E-state index in [4.69, 9.17) is 4.74 Å². The third-order valence-electron chi connectivity index (χ3n) is 4.40. The summed E-state index contributed by atoms with van der Waals surface area (Å²) in [7, 11) is 0. The van der Waals surface area contributed by atoms with Gasteiger partial charge in [-0.1, -0.05) is 25.1 Å². The van der Waals surface area contributed by atoms with E-state index in [1.54, 1.807) is 0 Å². The highest BCUT2D eigenvalue weighted by Crippen LogP contribution is 2.23. The lowest BCUT2D eigenvalue weighted by molar-refractivity contribution is -0.140. The molecule has 1 amide bonds. The Kier molecular flexibility index (Phi) is 5.30. The Labute approximate surface area is 146 Å². The molecule has 1 saturated heterocycles. The summed E-state index contributed by atoms with van der Waals surface area (Å²) in [6.07, 6.45) is 2.27. The summed E-state index contributed by atoms with van der Waals surface area (Å²) in [6.45, 7) is 3.29. The van der Waals surface area contributed by atoms with Gasteiger partial charge in [0.25, 0.3) is 5.91 Å². The van der Waals surface area contributed by atoms with E-state index in [0.29, 0.717) is 31.7 Å². The second kappa shape index (κ2) is 7.62. The third-order valence-corrected chi connectivity index (χ3v) is 5.26. The molecule has 0 bridgehead atoms. The van der Waals surface area contributed by atoms with Crippen LogP contribution in [-0.2, 0) is 11.2 Å². The van der Waals surface area contributed by atoms with Crippen LogP contribution in [0.3, 0.4) is 0 Å². The Morgan fingerprint density at radius 3 is 2.46 bits per heavy atom. The molecule has 3 rings (SSSR count). The number of likely N-dealkylation sites (tertiary alicyclic amines) is 1. The van der Waals surface area contributed by atoms with Crippen molar-refractivity contribution in [3.05, 3.63) is 52.2 Å². The Hall–Kier alpha value is -2.14. The molecule has 0 saturated carbocycles. The van der Waals surface area contributed by atoms with Crippen LogP contribution in [0.5, 0.6) is 5.75 Å². The first-order valence-corrected chi connectivity index (χ1v) is 9.18. The van der Waals surface area contributed by atoms with E-state index in [0.717, 1.165) is 11.3 Å². The number of rotatable bonds is 4. The van der Waals surface area contributed by atoms with Crippen molar-refractivity contribution < 1.29 is 14.3 Å². The topological polar surface area (TPSA) is 46.6 Å². The second-order valence-electron chi connectivity index (χ2n) is 5.96. The van der Waals surface area contributed by atoms with Crippen molar-refractivity contribution >= 4 is 23.2 Å². The highest BCUT2D eigenvalue weighted by Gasteiger charge is 2.29. The summed E-state index contributed by atoms with van der Waals surface area (Å²) in [4.78, 5) is 27.2. The smallest absolute Gasteiger partial charge is 0.314 e. The fraction of sp³-hybridized carbons (Fsp3) is 0.368. The first-order chi connectivity index (χ1) is 11.7. The molecule has 24 heavy (non-hydrogen) atoms. The van der Waals surface area contributed by atoms with Gasteiger partial charge in [-0.2, -0.15) is 0 Å². The van der Waals surface area contributed by atoms with Crippen LogP contribution in [-0.4, -0.2) is 29.9 Å². The molecule has 0 unspecified atom stereocenters. The van der Waals surface area contributed by atoms with E-state index in [-0.39, 0.29) is 17.8 Å². The largest absolute Gasteiger partial charge is 0.426 e. The fourth-order valence-corrected chi connectivity index (χ4v) is 3.56. The van der Waals surface area contributed by atoms with Gasteiger partial charge >= 0.3 is 5.97 Å². The van der Waals surface area contributed by atoms with E-state index < -0.39 is 0 Å². The lowest BCUT2D eigenvalue weighted by Crippen LogP contribution is -2.40. The summed E-state index contributed by atoms with van der Waals surface area (Å²) in [5.74, 6) is 0.326. The Balaban J connectivity index is 1.52. The number of benzene rings is 1. The molecule has 2 heterocycles. The van der Waals surface area contributed by atoms with Crippen LogP contribution < -0.4 is 4.74 Å². The Morgan fingerprint density at radius 1 is 1.17 bits per heavy atom. The number of carbonyl (C=O) groups excluding carboxylic acids is 2. The van der Waals surface area contributed by atoms with Crippen LogP contribution in [0.15, 0.2) is 41.8 Å². The van der Waals surface area contributed by atoms with Gasteiger partial charge in [0.05, 0.1) is 10.8 Å². The molecule has 1 fully saturated rings. The number of nitrogens with zero attached hydrogens (tertiary/aromatic N) is 1. The summed E-state index contributed by atoms with van der Waals surface area (Å²) < 4.78 is 5.48. The lowest BCUT2D eigenvalue weighted by Gasteiger charge is -2.30.